The van der Waals surface area contributed by atoms with E-state index < -0.39 is 14.9 Å². The number of halogens is 3. The first-order valence-corrected chi connectivity index (χ1v) is 7.16. The topological polar surface area (TPSA) is 43.4 Å². The van der Waals surface area contributed by atoms with Crippen molar-refractivity contribution in [3.63, 3.8) is 0 Å². The van der Waals surface area contributed by atoms with Crippen molar-refractivity contribution in [1.29, 1.82) is 0 Å². The maximum absolute atomic E-state index is 13.1. The van der Waals surface area contributed by atoms with E-state index in [2.05, 4.69) is 15.9 Å². The second kappa shape index (κ2) is 5.14. The number of rotatable bonds is 4. The maximum Gasteiger partial charge on any atom is 0.235 e. The summed E-state index contributed by atoms with van der Waals surface area (Å²) >= 11 is 3.08. The first-order chi connectivity index (χ1) is 6.90. The fraction of sp³-hybridized carbons (Fsp3) is 0.250. The van der Waals surface area contributed by atoms with Gasteiger partial charge in [0.15, 0.2) is 11.6 Å². The van der Waals surface area contributed by atoms with Gasteiger partial charge in [0, 0.05) is 10.7 Å². The normalized spacial score (nSPS) is 11.4. The minimum atomic E-state index is -3.61. The molecule has 84 valence electrons. The zero-order valence-electron chi connectivity index (χ0n) is 7.41. The molecular weight excluding hydrogens is 311 g/mol. The van der Waals surface area contributed by atoms with Crippen LogP contribution in [-0.4, -0.2) is 20.8 Å². The van der Waals surface area contributed by atoms with Gasteiger partial charge in [0.05, 0.1) is 10.2 Å². The molecule has 0 aromatic heterocycles. The Bertz CT molecular complexity index is 429. The van der Waals surface area contributed by atoms with E-state index in [9.17, 15) is 12.8 Å². The van der Waals surface area contributed by atoms with E-state index in [1.54, 1.807) is 6.07 Å². The minimum absolute atomic E-state index is 0.0159. The SMILES string of the molecule is O=S(=O)(Cl)CCOc1c(F)cccc1Br. The molecule has 0 bridgehead atoms. The van der Waals surface area contributed by atoms with Gasteiger partial charge in [-0.25, -0.2) is 12.8 Å². The fourth-order valence-corrected chi connectivity index (χ4v) is 1.79. The highest BCUT2D eigenvalue weighted by atomic mass is 79.9. The van der Waals surface area contributed by atoms with Crippen molar-refractivity contribution >= 4 is 35.7 Å². The molecule has 0 aliphatic carbocycles. The van der Waals surface area contributed by atoms with Gasteiger partial charge in [-0.15, -0.1) is 0 Å². The van der Waals surface area contributed by atoms with Gasteiger partial charge in [0.2, 0.25) is 9.05 Å². The molecule has 0 aliphatic rings. The average molecular weight is 318 g/mol. The fourth-order valence-electron chi connectivity index (χ4n) is 0.864. The molecule has 15 heavy (non-hydrogen) atoms. The van der Waals surface area contributed by atoms with Crippen LogP contribution in [0.15, 0.2) is 22.7 Å². The second-order valence-electron chi connectivity index (χ2n) is 2.64. The molecule has 0 spiro atoms. The summed E-state index contributed by atoms with van der Waals surface area (Å²) in [6, 6.07) is 4.31. The Labute approximate surface area is 99.7 Å². The summed E-state index contributed by atoms with van der Waals surface area (Å²) in [6.07, 6.45) is 0. The molecule has 0 heterocycles. The summed E-state index contributed by atoms with van der Waals surface area (Å²) in [6.45, 7) is -0.189. The average Bonchev–Trinajstić information content (AvgIpc) is 2.08. The zero-order valence-corrected chi connectivity index (χ0v) is 10.6. The Kier molecular flexibility index (Phi) is 4.36. The van der Waals surface area contributed by atoms with E-state index in [0.717, 1.165) is 0 Å². The van der Waals surface area contributed by atoms with E-state index >= 15 is 0 Å². The summed E-state index contributed by atoms with van der Waals surface area (Å²) in [5, 5.41) is 0. The Balaban J connectivity index is 2.66. The predicted octanol–water partition coefficient (Wildman–Crippen LogP) is 2.54. The summed E-state index contributed by atoms with van der Waals surface area (Å²) in [5.74, 6) is -0.941. The van der Waals surface area contributed by atoms with E-state index in [-0.39, 0.29) is 18.1 Å². The molecule has 0 atom stereocenters. The van der Waals surface area contributed by atoms with Crippen LogP contribution < -0.4 is 4.74 Å². The zero-order chi connectivity index (χ0) is 11.5. The summed E-state index contributed by atoms with van der Waals surface area (Å²) < 4.78 is 39.7. The van der Waals surface area contributed by atoms with Gasteiger partial charge < -0.3 is 4.74 Å². The van der Waals surface area contributed by atoms with Crippen LogP contribution in [0.5, 0.6) is 5.75 Å². The van der Waals surface area contributed by atoms with E-state index in [0.29, 0.717) is 4.47 Å². The largest absolute Gasteiger partial charge is 0.488 e. The highest BCUT2D eigenvalue weighted by Crippen LogP contribution is 2.27. The number of hydrogen-bond donors (Lipinski definition) is 0. The van der Waals surface area contributed by atoms with Crippen LogP contribution in [-0.2, 0) is 9.05 Å². The number of para-hydroxylation sites is 1. The third kappa shape index (κ3) is 4.36. The van der Waals surface area contributed by atoms with Gasteiger partial charge in [-0.3, -0.25) is 0 Å². The number of benzene rings is 1. The van der Waals surface area contributed by atoms with Gasteiger partial charge in [-0.2, -0.15) is 0 Å². The molecule has 0 saturated carbocycles. The highest BCUT2D eigenvalue weighted by molar-refractivity contribution is 9.10. The van der Waals surface area contributed by atoms with Crippen molar-refractivity contribution in [2.24, 2.45) is 0 Å². The molecule has 0 N–H and O–H groups in total. The van der Waals surface area contributed by atoms with Gasteiger partial charge in [-0.1, -0.05) is 6.07 Å². The van der Waals surface area contributed by atoms with Crippen molar-refractivity contribution in [2.75, 3.05) is 12.4 Å². The summed E-state index contributed by atoms with van der Waals surface area (Å²) in [4.78, 5) is 0. The van der Waals surface area contributed by atoms with E-state index in [1.807, 2.05) is 0 Å². The van der Waals surface area contributed by atoms with Crippen LogP contribution >= 0.6 is 26.6 Å². The molecule has 0 unspecified atom stereocenters. The lowest BCUT2D eigenvalue weighted by Gasteiger charge is -2.07. The molecule has 0 amide bonds. The molecule has 0 fully saturated rings. The van der Waals surface area contributed by atoms with Gasteiger partial charge in [-0.05, 0) is 28.1 Å². The van der Waals surface area contributed by atoms with Crippen molar-refractivity contribution in [3.05, 3.63) is 28.5 Å². The predicted molar refractivity (Wildman–Crippen MR) is 59.2 cm³/mol. The minimum Gasteiger partial charge on any atom is -0.488 e. The molecule has 3 nitrogen and oxygen atoms in total. The quantitative estimate of drug-likeness (QED) is 0.802. The standard InChI is InChI=1S/C8H7BrClFO3S/c9-6-2-1-3-7(11)8(6)14-4-5-15(10,12)13/h1-3H,4-5H2. The second-order valence-corrected chi connectivity index (χ2v) is 6.39. The van der Waals surface area contributed by atoms with Crippen LogP contribution in [0, 0.1) is 5.82 Å². The molecular formula is C8H7BrClFO3S. The molecule has 0 saturated heterocycles. The van der Waals surface area contributed by atoms with E-state index in [1.165, 1.54) is 12.1 Å². The van der Waals surface area contributed by atoms with Crippen molar-refractivity contribution in [3.8, 4) is 5.75 Å². The Morgan fingerprint density at radius 1 is 1.47 bits per heavy atom. The number of hydrogen-bond acceptors (Lipinski definition) is 3. The van der Waals surface area contributed by atoms with Gasteiger partial charge in [0.1, 0.15) is 6.61 Å². The van der Waals surface area contributed by atoms with Gasteiger partial charge in [0.25, 0.3) is 0 Å². The van der Waals surface area contributed by atoms with Crippen molar-refractivity contribution < 1.29 is 17.5 Å². The molecule has 0 aliphatic heterocycles. The molecule has 1 aromatic carbocycles. The maximum atomic E-state index is 13.1. The molecule has 1 aromatic rings. The van der Waals surface area contributed by atoms with Crippen LogP contribution in [0.1, 0.15) is 0 Å². The lowest BCUT2D eigenvalue weighted by molar-refractivity contribution is 0.320. The summed E-state index contributed by atoms with van der Waals surface area (Å²) in [7, 11) is 1.36. The lowest BCUT2D eigenvalue weighted by atomic mass is 10.3. The third-order valence-electron chi connectivity index (χ3n) is 1.49. The molecule has 7 heteroatoms. The van der Waals surface area contributed by atoms with Crippen molar-refractivity contribution in [2.45, 2.75) is 0 Å². The Hall–Kier alpha value is -0.330. The first kappa shape index (κ1) is 12.7. The van der Waals surface area contributed by atoms with Crippen LogP contribution in [0.2, 0.25) is 0 Å². The molecule has 1 rings (SSSR count). The number of ether oxygens (including phenoxy) is 1. The van der Waals surface area contributed by atoms with Crippen LogP contribution in [0.25, 0.3) is 0 Å². The third-order valence-corrected chi connectivity index (χ3v) is 3.23. The lowest BCUT2D eigenvalue weighted by Crippen LogP contribution is -2.09. The van der Waals surface area contributed by atoms with E-state index in [4.69, 9.17) is 15.4 Å². The Morgan fingerprint density at radius 2 is 2.13 bits per heavy atom. The highest BCUT2D eigenvalue weighted by Gasteiger charge is 2.10. The summed E-state index contributed by atoms with van der Waals surface area (Å²) in [5.41, 5.74) is 0. The Morgan fingerprint density at radius 3 is 2.67 bits per heavy atom. The van der Waals surface area contributed by atoms with Crippen LogP contribution in [0.3, 0.4) is 0 Å². The van der Waals surface area contributed by atoms with Crippen molar-refractivity contribution in [1.82, 2.24) is 0 Å². The molecule has 0 radical (unpaired) electrons. The smallest absolute Gasteiger partial charge is 0.235 e. The van der Waals surface area contributed by atoms with Crippen LogP contribution in [0.4, 0.5) is 4.39 Å². The first-order valence-electron chi connectivity index (χ1n) is 3.89. The van der Waals surface area contributed by atoms with Gasteiger partial charge >= 0.3 is 0 Å². The monoisotopic (exact) mass is 316 g/mol.